The smallest absolute Gasteiger partial charge is 0.321 e. The fraction of sp³-hybridized carbons (Fsp3) is 0.600. The van der Waals surface area contributed by atoms with Crippen molar-refractivity contribution >= 4 is 17.6 Å². The van der Waals surface area contributed by atoms with Crippen LogP contribution in [0.3, 0.4) is 0 Å². The Morgan fingerprint density at radius 3 is 2.96 bits per heavy atom. The molecule has 0 aliphatic carbocycles. The molecule has 2 bridgehead atoms. The molecule has 0 spiro atoms. The van der Waals surface area contributed by atoms with Gasteiger partial charge < -0.3 is 19.9 Å². The van der Waals surface area contributed by atoms with Crippen molar-refractivity contribution < 1.29 is 14.3 Å². The van der Waals surface area contributed by atoms with Crippen LogP contribution in [0.4, 0.5) is 10.5 Å². The van der Waals surface area contributed by atoms with E-state index in [0.29, 0.717) is 48.2 Å². The zero-order valence-electron chi connectivity index (χ0n) is 15.3. The number of carbonyl (C=O) groups excluding carboxylic acids is 2. The van der Waals surface area contributed by atoms with Crippen LogP contribution in [0.5, 0.6) is 5.75 Å². The van der Waals surface area contributed by atoms with Crippen LogP contribution in [-0.2, 0) is 4.79 Å². The van der Waals surface area contributed by atoms with Gasteiger partial charge >= 0.3 is 6.03 Å². The number of urea groups is 1. The maximum atomic E-state index is 12.9. The van der Waals surface area contributed by atoms with Gasteiger partial charge in [-0.3, -0.25) is 4.79 Å². The molecule has 0 unspecified atom stereocenters. The van der Waals surface area contributed by atoms with Crippen molar-refractivity contribution in [3.05, 3.63) is 24.3 Å². The van der Waals surface area contributed by atoms with E-state index in [1.54, 1.807) is 0 Å². The van der Waals surface area contributed by atoms with Gasteiger partial charge in [0.2, 0.25) is 5.91 Å². The first-order valence-electron chi connectivity index (χ1n) is 9.73. The number of para-hydroxylation sites is 2. The molecule has 3 heterocycles. The molecule has 3 fully saturated rings. The fourth-order valence-corrected chi connectivity index (χ4v) is 4.82. The van der Waals surface area contributed by atoms with Gasteiger partial charge in [-0.15, -0.1) is 0 Å². The summed E-state index contributed by atoms with van der Waals surface area (Å²) in [5, 5.41) is 3.02. The molecule has 3 atom stereocenters. The number of nitrogens with one attached hydrogen (secondary N) is 1. The number of ether oxygens (including phenoxy) is 1. The minimum Gasteiger partial charge on any atom is -0.492 e. The van der Waals surface area contributed by atoms with E-state index in [1.165, 1.54) is 0 Å². The summed E-state index contributed by atoms with van der Waals surface area (Å²) in [5.74, 6) is 1.80. The summed E-state index contributed by atoms with van der Waals surface area (Å²) in [7, 11) is 0. The summed E-state index contributed by atoms with van der Waals surface area (Å²) >= 11 is 0. The number of nitrogens with zero attached hydrogens (tertiary/aromatic N) is 2. The summed E-state index contributed by atoms with van der Waals surface area (Å²) in [6.07, 6.45) is 3.88. The molecular formula is C20H27N3O3. The largest absolute Gasteiger partial charge is 0.492 e. The van der Waals surface area contributed by atoms with Crippen molar-refractivity contribution in [2.24, 2.45) is 11.8 Å². The van der Waals surface area contributed by atoms with Crippen molar-refractivity contribution in [1.82, 2.24) is 9.80 Å². The number of fused-ring (bicyclic) bond motifs is 4. The van der Waals surface area contributed by atoms with Crippen molar-refractivity contribution in [2.45, 2.75) is 38.6 Å². The van der Waals surface area contributed by atoms with Crippen LogP contribution in [-0.4, -0.2) is 54.0 Å². The van der Waals surface area contributed by atoms with E-state index >= 15 is 0 Å². The van der Waals surface area contributed by atoms with Gasteiger partial charge in [0.15, 0.2) is 0 Å². The topological polar surface area (TPSA) is 61.9 Å². The normalized spacial score (nSPS) is 27.7. The van der Waals surface area contributed by atoms with E-state index in [1.807, 2.05) is 36.1 Å². The van der Waals surface area contributed by atoms with E-state index in [0.717, 1.165) is 38.9 Å². The molecule has 26 heavy (non-hydrogen) atoms. The molecule has 0 radical (unpaired) electrons. The zero-order valence-corrected chi connectivity index (χ0v) is 15.3. The number of hydrogen-bond donors (Lipinski definition) is 1. The van der Waals surface area contributed by atoms with E-state index in [2.05, 4.69) is 10.2 Å². The summed E-state index contributed by atoms with van der Waals surface area (Å²) < 4.78 is 5.60. The van der Waals surface area contributed by atoms with Gasteiger partial charge in [0, 0.05) is 32.1 Å². The molecule has 4 rings (SSSR count). The van der Waals surface area contributed by atoms with Gasteiger partial charge in [0.05, 0.1) is 12.3 Å². The Morgan fingerprint density at radius 2 is 2.12 bits per heavy atom. The van der Waals surface area contributed by atoms with Gasteiger partial charge in [0.25, 0.3) is 0 Å². The Balaban J connectivity index is 1.45. The Labute approximate surface area is 154 Å². The molecule has 3 aliphatic heterocycles. The van der Waals surface area contributed by atoms with Gasteiger partial charge in [-0.05, 0) is 50.2 Å². The van der Waals surface area contributed by atoms with Crippen LogP contribution in [0.25, 0.3) is 0 Å². The van der Waals surface area contributed by atoms with E-state index in [9.17, 15) is 9.59 Å². The van der Waals surface area contributed by atoms with Crippen molar-refractivity contribution in [3.63, 3.8) is 0 Å². The summed E-state index contributed by atoms with van der Waals surface area (Å²) in [6, 6.07) is 7.79. The van der Waals surface area contributed by atoms with E-state index in [4.69, 9.17) is 4.74 Å². The second-order valence-electron chi connectivity index (χ2n) is 7.63. The van der Waals surface area contributed by atoms with Crippen LogP contribution in [0.2, 0.25) is 0 Å². The third kappa shape index (κ3) is 3.24. The second-order valence-corrected chi connectivity index (χ2v) is 7.63. The van der Waals surface area contributed by atoms with Crippen molar-refractivity contribution in [3.8, 4) is 5.75 Å². The molecule has 3 amide bonds. The molecule has 1 aromatic carbocycles. The minimum atomic E-state index is -0.0672. The van der Waals surface area contributed by atoms with E-state index in [-0.39, 0.29) is 6.03 Å². The maximum Gasteiger partial charge on any atom is 0.321 e. The molecule has 6 nitrogen and oxygen atoms in total. The molecule has 3 saturated heterocycles. The average Bonchev–Trinajstić information content (AvgIpc) is 2.64. The lowest BCUT2D eigenvalue weighted by Gasteiger charge is -2.52. The second kappa shape index (κ2) is 7.17. The highest BCUT2D eigenvalue weighted by Crippen LogP contribution is 2.38. The Hall–Kier alpha value is -2.24. The lowest BCUT2D eigenvalue weighted by molar-refractivity contribution is -0.144. The number of anilines is 1. The maximum absolute atomic E-state index is 12.9. The number of rotatable bonds is 3. The molecule has 1 aromatic rings. The van der Waals surface area contributed by atoms with Gasteiger partial charge in [-0.2, -0.15) is 0 Å². The summed E-state index contributed by atoms with van der Waals surface area (Å²) in [6.45, 7) is 4.75. The number of benzene rings is 1. The number of likely N-dealkylation sites (tertiary alicyclic amines) is 1. The van der Waals surface area contributed by atoms with Crippen LogP contribution < -0.4 is 10.1 Å². The Bertz CT molecular complexity index is 693. The number of carbonyl (C=O) groups is 2. The molecular weight excluding hydrogens is 330 g/mol. The molecule has 1 N–H and O–H groups in total. The lowest BCUT2D eigenvalue weighted by Crippen LogP contribution is -2.61. The standard InChI is InChI=1S/C20H27N3O3/c1-2-26-18-8-4-3-6-16(18)21-20(25)22-11-14-10-15(13-22)17-7-5-9-19(24)23(17)12-14/h3-4,6,8,14-15,17H,2,5,7,9-13H2,1H3,(H,21,25)/t14-,15-,17-/m1/s1. The SMILES string of the molecule is CCOc1ccccc1NC(=O)N1C[C@H]2C[C@H](C1)[C@H]1CCCC(=O)N1C2. The monoisotopic (exact) mass is 357 g/mol. The molecule has 0 aromatic heterocycles. The van der Waals surface area contributed by atoms with Gasteiger partial charge in [0.1, 0.15) is 5.75 Å². The molecule has 140 valence electrons. The molecule has 6 heteroatoms. The van der Waals surface area contributed by atoms with Crippen LogP contribution in [0.1, 0.15) is 32.6 Å². The predicted molar refractivity (Wildman–Crippen MR) is 99.2 cm³/mol. The third-order valence-corrected chi connectivity index (χ3v) is 5.90. The Kier molecular flexibility index (Phi) is 4.74. The van der Waals surface area contributed by atoms with Gasteiger partial charge in [-0.1, -0.05) is 12.1 Å². The average molecular weight is 357 g/mol. The summed E-state index contributed by atoms with van der Waals surface area (Å²) in [4.78, 5) is 29.1. The van der Waals surface area contributed by atoms with Crippen LogP contribution in [0.15, 0.2) is 24.3 Å². The minimum absolute atomic E-state index is 0.0672. The first-order chi connectivity index (χ1) is 12.7. The highest BCUT2D eigenvalue weighted by Gasteiger charge is 2.44. The highest BCUT2D eigenvalue weighted by molar-refractivity contribution is 5.91. The van der Waals surface area contributed by atoms with Crippen LogP contribution in [0, 0.1) is 11.8 Å². The fourth-order valence-electron chi connectivity index (χ4n) is 4.82. The molecule has 0 saturated carbocycles. The quantitative estimate of drug-likeness (QED) is 0.905. The molecule has 3 aliphatic rings. The van der Waals surface area contributed by atoms with Gasteiger partial charge in [-0.25, -0.2) is 4.79 Å². The first kappa shape index (κ1) is 17.2. The Morgan fingerprint density at radius 1 is 1.27 bits per heavy atom. The predicted octanol–water partition coefficient (Wildman–Crippen LogP) is 2.95. The summed E-state index contributed by atoms with van der Waals surface area (Å²) in [5.41, 5.74) is 0.713. The third-order valence-electron chi connectivity index (χ3n) is 5.90. The van der Waals surface area contributed by atoms with Crippen LogP contribution >= 0.6 is 0 Å². The highest BCUT2D eigenvalue weighted by atomic mass is 16.5. The van der Waals surface area contributed by atoms with Crippen molar-refractivity contribution in [2.75, 3.05) is 31.6 Å². The lowest BCUT2D eigenvalue weighted by atomic mass is 9.76. The first-order valence-corrected chi connectivity index (χ1v) is 9.73. The number of amides is 3. The van der Waals surface area contributed by atoms with Crippen molar-refractivity contribution in [1.29, 1.82) is 0 Å². The number of hydrogen-bond acceptors (Lipinski definition) is 3. The van der Waals surface area contributed by atoms with E-state index < -0.39 is 0 Å². The number of piperidine rings is 3. The zero-order chi connectivity index (χ0) is 18.1.